The van der Waals surface area contributed by atoms with E-state index in [1.807, 2.05) is 24.3 Å². The fraction of sp³-hybridized carbons (Fsp3) is 0.333. The molecule has 5 nitrogen and oxygen atoms in total. The summed E-state index contributed by atoms with van der Waals surface area (Å²) in [5, 5.41) is 13.4. The Kier molecular flexibility index (Phi) is 8.14. The molecule has 150 valence electrons. The van der Waals surface area contributed by atoms with Crippen LogP contribution in [0.5, 0.6) is 0 Å². The molecule has 0 aliphatic heterocycles. The number of hydrogen-bond donors (Lipinski definition) is 1. The third-order valence-electron chi connectivity index (χ3n) is 3.91. The predicted octanol–water partition coefficient (Wildman–Crippen LogP) is 4.95. The van der Waals surface area contributed by atoms with E-state index in [0.29, 0.717) is 15.7 Å². The van der Waals surface area contributed by atoms with Crippen LogP contribution in [0.2, 0.25) is 0 Å². The number of hydrogen-bond acceptors (Lipinski definition) is 4. The Balaban J connectivity index is 2.05. The van der Waals surface area contributed by atoms with E-state index in [1.165, 1.54) is 6.07 Å². The Morgan fingerprint density at radius 1 is 1.25 bits per heavy atom. The number of ether oxygens (including phenoxy) is 1. The van der Waals surface area contributed by atoms with Gasteiger partial charge < -0.3 is 14.7 Å². The van der Waals surface area contributed by atoms with Gasteiger partial charge in [0.2, 0.25) is 0 Å². The number of nitrogens with zero attached hydrogens (tertiary/aromatic N) is 1. The summed E-state index contributed by atoms with van der Waals surface area (Å²) in [6, 6.07) is 12.1. The van der Waals surface area contributed by atoms with Crippen LogP contribution >= 0.6 is 15.9 Å². The second kappa shape index (κ2) is 10.3. The van der Waals surface area contributed by atoms with E-state index in [4.69, 9.17) is 9.57 Å². The van der Waals surface area contributed by atoms with Crippen LogP contribution in [-0.2, 0) is 27.4 Å². The molecule has 0 amide bonds. The third-order valence-corrected chi connectivity index (χ3v) is 4.41. The first-order valence-corrected chi connectivity index (χ1v) is 9.63. The number of rotatable bonds is 9. The lowest BCUT2D eigenvalue weighted by Gasteiger charge is -2.16. The highest BCUT2D eigenvalue weighted by Crippen LogP contribution is 2.17. The summed E-state index contributed by atoms with van der Waals surface area (Å²) < 4.78 is 19.9. The lowest BCUT2D eigenvalue weighted by Crippen LogP contribution is -2.29. The van der Waals surface area contributed by atoms with E-state index in [-0.39, 0.29) is 24.9 Å². The van der Waals surface area contributed by atoms with Crippen LogP contribution in [0.3, 0.4) is 0 Å². The van der Waals surface area contributed by atoms with Crippen molar-refractivity contribution in [2.75, 3.05) is 0 Å². The summed E-state index contributed by atoms with van der Waals surface area (Å²) in [6.45, 7) is 5.39. The van der Waals surface area contributed by atoms with Gasteiger partial charge in [-0.15, -0.1) is 0 Å². The number of aliphatic carboxylic acids is 1. The van der Waals surface area contributed by atoms with Crippen molar-refractivity contribution < 1.29 is 23.9 Å². The quantitative estimate of drug-likeness (QED) is 0.432. The Hall–Kier alpha value is -2.25. The average molecular weight is 452 g/mol. The van der Waals surface area contributed by atoms with E-state index in [2.05, 4.69) is 21.1 Å². The van der Waals surface area contributed by atoms with Crippen molar-refractivity contribution in [2.24, 2.45) is 5.16 Å². The maximum Gasteiger partial charge on any atom is 0.333 e. The summed E-state index contributed by atoms with van der Waals surface area (Å²) >= 11 is 3.21. The molecule has 2 aromatic carbocycles. The standard InChI is InChI=1S/C21H23BrFNO4/c1-13(2)28-20(21(25)26)10-15-5-4-6-16(9-15)14(3)24-27-12-17-7-8-18(22)11-19(17)23/h4-9,11,13,20H,10,12H2,1-3H3,(H,25,26)/b24-14+. The molecule has 2 rings (SSSR count). The van der Waals surface area contributed by atoms with Gasteiger partial charge >= 0.3 is 5.97 Å². The van der Waals surface area contributed by atoms with E-state index in [1.54, 1.807) is 32.9 Å². The van der Waals surface area contributed by atoms with E-state index < -0.39 is 12.1 Å². The lowest BCUT2D eigenvalue weighted by atomic mass is 10.0. The number of halogens is 2. The minimum absolute atomic E-state index is 0.0134. The van der Waals surface area contributed by atoms with Gasteiger partial charge in [-0.25, -0.2) is 9.18 Å². The molecule has 0 spiro atoms. The second-order valence-corrected chi connectivity index (χ2v) is 7.52. The number of carbonyl (C=O) groups is 1. The first-order chi connectivity index (χ1) is 13.3. The van der Waals surface area contributed by atoms with Crippen LogP contribution in [0.4, 0.5) is 4.39 Å². The summed E-state index contributed by atoms with van der Waals surface area (Å²) in [5.41, 5.74) is 2.63. The molecule has 1 atom stereocenters. The van der Waals surface area contributed by atoms with Gasteiger partial charge in [-0.2, -0.15) is 0 Å². The average Bonchev–Trinajstić information content (AvgIpc) is 2.62. The maximum absolute atomic E-state index is 13.8. The fourth-order valence-electron chi connectivity index (χ4n) is 2.55. The Bertz CT molecular complexity index is 854. The minimum Gasteiger partial charge on any atom is -0.479 e. The molecule has 0 heterocycles. The molecular weight excluding hydrogens is 429 g/mol. The largest absolute Gasteiger partial charge is 0.479 e. The number of oxime groups is 1. The van der Waals surface area contributed by atoms with Gasteiger partial charge in [0.15, 0.2) is 6.10 Å². The van der Waals surface area contributed by atoms with Crippen LogP contribution in [-0.4, -0.2) is 29.0 Å². The molecule has 0 aliphatic carbocycles. The van der Waals surface area contributed by atoms with E-state index in [0.717, 1.165) is 11.1 Å². The number of carboxylic acids is 1. The van der Waals surface area contributed by atoms with Gasteiger partial charge in [-0.05, 0) is 50.1 Å². The zero-order valence-corrected chi connectivity index (χ0v) is 17.6. The van der Waals surface area contributed by atoms with Crippen LogP contribution in [0.1, 0.15) is 37.5 Å². The van der Waals surface area contributed by atoms with Gasteiger partial charge in [-0.3, -0.25) is 0 Å². The molecule has 0 bridgehead atoms. The summed E-state index contributed by atoms with van der Waals surface area (Å²) in [4.78, 5) is 16.7. The highest BCUT2D eigenvalue weighted by Gasteiger charge is 2.20. The second-order valence-electron chi connectivity index (χ2n) is 6.60. The van der Waals surface area contributed by atoms with E-state index >= 15 is 0 Å². The molecule has 7 heteroatoms. The highest BCUT2D eigenvalue weighted by molar-refractivity contribution is 9.10. The van der Waals surface area contributed by atoms with E-state index in [9.17, 15) is 14.3 Å². The molecule has 1 unspecified atom stereocenters. The normalized spacial score (nSPS) is 12.9. The minimum atomic E-state index is -0.996. The van der Waals surface area contributed by atoms with Gasteiger partial charge in [0.25, 0.3) is 0 Å². The summed E-state index contributed by atoms with van der Waals surface area (Å²) in [5.74, 6) is -1.36. The first-order valence-electron chi connectivity index (χ1n) is 8.84. The molecule has 28 heavy (non-hydrogen) atoms. The van der Waals surface area contributed by atoms with Crippen LogP contribution in [0.15, 0.2) is 52.1 Å². The molecule has 0 aliphatic rings. The molecule has 0 saturated carbocycles. The fourth-order valence-corrected chi connectivity index (χ4v) is 2.88. The molecule has 0 aromatic heterocycles. The van der Waals surface area contributed by atoms with Crippen molar-refractivity contribution in [1.29, 1.82) is 0 Å². The summed E-state index contributed by atoms with van der Waals surface area (Å²) in [7, 11) is 0. The lowest BCUT2D eigenvalue weighted by molar-refractivity contribution is -0.153. The highest BCUT2D eigenvalue weighted by atomic mass is 79.9. The van der Waals surface area contributed by atoms with Crippen LogP contribution < -0.4 is 0 Å². The van der Waals surface area contributed by atoms with Crippen LogP contribution in [0.25, 0.3) is 0 Å². The molecule has 1 N–H and O–H groups in total. The zero-order chi connectivity index (χ0) is 20.7. The third kappa shape index (κ3) is 6.73. The van der Waals surface area contributed by atoms with Gasteiger partial charge in [0.05, 0.1) is 11.8 Å². The van der Waals surface area contributed by atoms with Gasteiger partial charge in [0, 0.05) is 16.5 Å². The smallest absolute Gasteiger partial charge is 0.333 e. The zero-order valence-electron chi connectivity index (χ0n) is 16.0. The number of carboxylic acid groups (broad SMARTS) is 1. The molecule has 2 aromatic rings. The van der Waals surface area contributed by atoms with Crippen molar-refractivity contribution in [3.8, 4) is 0 Å². The Morgan fingerprint density at radius 3 is 2.64 bits per heavy atom. The topological polar surface area (TPSA) is 68.1 Å². The predicted molar refractivity (Wildman–Crippen MR) is 109 cm³/mol. The van der Waals surface area contributed by atoms with Crippen molar-refractivity contribution in [3.63, 3.8) is 0 Å². The maximum atomic E-state index is 13.8. The summed E-state index contributed by atoms with van der Waals surface area (Å²) in [6.07, 6.45) is -0.844. The molecule has 0 saturated heterocycles. The SMILES string of the molecule is C/C(=N\OCc1ccc(Br)cc1F)c1cccc(CC(OC(C)C)C(=O)O)c1. The van der Waals surface area contributed by atoms with Crippen molar-refractivity contribution in [3.05, 3.63) is 69.4 Å². The Labute approximate surface area is 172 Å². The van der Waals surface area contributed by atoms with Crippen molar-refractivity contribution in [2.45, 2.75) is 46.0 Å². The molecular formula is C21H23BrFNO4. The van der Waals surface area contributed by atoms with Crippen LogP contribution in [0, 0.1) is 5.82 Å². The molecule has 0 fully saturated rings. The number of benzene rings is 2. The van der Waals surface area contributed by atoms with Gasteiger partial charge in [-0.1, -0.05) is 45.4 Å². The monoisotopic (exact) mass is 451 g/mol. The molecule has 0 radical (unpaired) electrons. The van der Waals surface area contributed by atoms with Crippen molar-refractivity contribution >= 4 is 27.6 Å². The first kappa shape index (κ1) is 22.0. The van der Waals surface area contributed by atoms with Gasteiger partial charge in [0.1, 0.15) is 12.4 Å². The van der Waals surface area contributed by atoms with Crippen molar-refractivity contribution in [1.82, 2.24) is 0 Å². The Morgan fingerprint density at radius 2 is 2.00 bits per heavy atom.